The minimum absolute atomic E-state index is 0.0429. The van der Waals surface area contributed by atoms with Crippen molar-refractivity contribution in [3.63, 3.8) is 0 Å². The van der Waals surface area contributed by atoms with E-state index in [4.69, 9.17) is 11.6 Å². The van der Waals surface area contributed by atoms with Gasteiger partial charge in [-0.3, -0.25) is 0 Å². The number of rotatable bonds is 5. The van der Waals surface area contributed by atoms with Crippen molar-refractivity contribution in [1.29, 1.82) is 0 Å². The van der Waals surface area contributed by atoms with E-state index in [1.807, 2.05) is 24.4 Å². The van der Waals surface area contributed by atoms with E-state index in [1.54, 1.807) is 17.4 Å². The first-order chi connectivity index (χ1) is 9.11. The molecular formula is C14H14BrClFNS. The van der Waals surface area contributed by atoms with Crippen LogP contribution in [0.4, 0.5) is 4.39 Å². The molecule has 2 rings (SSSR count). The predicted molar refractivity (Wildman–Crippen MR) is 83.6 cm³/mol. The molecule has 1 atom stereocenters. The first-order valence-electron chi connectivity index (χ1n) is 6.02. The third-order valence-electron chi connectivity index (χ3n) is 2.84. The molecule has 1 unspecified atom stereocenters. The van der Waals surface area contributed by atoms with Crippen LogP contribution in [0.25, 0.3) is 0 Å². The molecule has 5 heteroatoms. The first-order valence-corrected chi connectivity index (χ1v) is 8.07. The Labute approximate surface area is 129 Å². The Bertz CT molecular complexity index is 558. The Kier molecular flexibility index (Phi) is 5.39. The Morgan fingerprint density at radius 3 is 2.84 bits per heavy atom. The average molecular weight is 363 g/mol. The molecule has 0 radical (unpaired) electrons. The zero-order valence-corrected chi connectivity index (χ0v) is 13.6. The molecule has 0 aliphatic carbocycles. The fourth-order valence-corrected chi connectivity index (χ4v) is 3.65. The van der Waals surface area contributed by atoms with Crippen LogP contribution in [0.5, 0.6) is 0 Å². The topological polar surface area (TPSA) is 12.0 Å². The fourth-order valence-electron chi connectivity index (χ4n) is 1.98. The summed E-state index contributed by atoms with van der Waals surface area (Å²) in [6.45, 7) is 2.85. The summed E-state index contributed by atoms with van der Waals surface area (Å²) in [7, 11) is 0. The number of thiophene rings is 1. The predicted octanol–water partition coefficient (Wildman–Crippen LogP) is 5.20. The van der Waals surface area contributed by atoms with Crippen LogP contribution in [0, 0.1) is 5.82 Å². The highest BCUT2D eigenvalue weighted by Crippen LogP contribution is 2.31. The lowest BCUT2D eigenvalue weighted by atomic mass is 10.0. The summed E-state index contributed by atoms with van der Waals surface area (Å²) < 4.78 is 14.7. The maximum atomic E-state index is 13.8. The van der Waals surface area contributed by atoms with E-state index < -0.39 is 0 Å². The van der Waals surface area contributed by atoms with Crippen molar-refractivity contribution in [2.45, 2.75) is 19.4 Å². The molecule has 0 amide bonds. The number of hydrogen-bond donors (Lipinski definition) is 1. The van der Waals surface area contributed by atoms with Crippen LogP contribution >= 0.6 is 38.9 Å². The van der Waals surface area contributed by atoms with Gasteiger partial charge >= 0.3 is 0 Å². The third-order valence-corrected chi connectivity index (χ3v) is 4.81. The molecule has 0 bridgehead atoms. The molecule has 0 spiro atoms. The van der Waals surface area contributed by atoms with Crippen molar-refractivity contribution in [1.82, 2.24) is 5.32 Å². The number of likely N-dealkylation sites (N-methyl/N-ethyl adjacent to an activating group) is 1. The van der Waals surface area contributed by atoms with Gasteiger partial charge in [0.25, 0.3) is 0 Å². The minimum atomic E-state index is -0.182. The van der Waals surface area contributed by atoms with Crippen molar-refractivity contribution >= 4 is 38.9 Å². The Morgan fingerprint density at radius 1 is 1.42 bits per heavy atom. The summed E-state index contributed by atoms with van der Waals surface area (Å²) in [4.78, 5) is 1.06. The quantitative estimate of drug-likeness (QED) is 0.771. The molecule has 2 aromatic rings. The van der Waals surface area contributed by atoms with Crippen LogP contribution in [0.3, 0.4) is 0 Å². The number of hydrogen-bond acceptors (Lipinski definition) is 2. The van der Waals surface area contributed by atoms with Gasteiger partial charge in [0, 0.05) is 15.4 Å². The lowest BCUT2D eigenvalue weighted by Crippen LogP contribution is -2.22. The van der Waals surface area contributed by atoms with Crippen LogP contribution in [0.1, 0.15) is 23.4 Å². The van der Waals surface area contributed by atoms with E-state index in [0.29, 0.717) is 12.0 Å². The van der Waals surface area contributed by atoms with Gasteiger partial charge < -0.3 is 5.32 Å². The van der Waals surface area contributed by atoms with Gasteiger partial charge in [-0.05, 0) is 48.2 Å². The largest absolute Gasteiger partial charge is 0.309 e. The third kappa shape index (κ3) is 3.78. The normalized spacial score (nSPS) is 12.6. The highest BCUT2D eigenvalue weighted by Gasteiger charge is 2.17. The SMILES string of the molecule is CCNC(Cc1cc(Br)ccc1F)c1sccc1Cl. The van der Waals surface area contributed by atoms with Gasteiger partial charge in [0.1, 0.15) is 5.82 Å². The van der Waals surface area contributed by atoms with E-state index in [-0.39, 0.29) is 11.9 Å². The molecule has 1 nitrogen and oxygen atoms in total. The van der Waals surface area contributed by atoms with E-state index in [9.17, 15) is 4.39 Å². The van der Waals surface area contributed by atoms with Crippen molar-refractivity contribution in [2.75, 3.05) is 6.54 Å². The van der Waals surface area contributed by atoms with Crippen molar-refractivity contribution < 1.29 is 4.39 Å². The van der Waals surface area contributed by atoms with Gasteiger partial charge in [0.2, 0.25) is 0 Å². The zero-order valence-electron chi connectivity index (χ0n) is 10.4. The van der Waals surface area contributed by atoms with Gasteiger partial charge in [0.15, 0.2) is 0 Å². The van der Waals surface area contributed by atoms with E-state index >= 15 is 0 Å². The molecular weight excluding hydrogens is 349 g/mol. The van der Waals surface area contributed by atoms with Crippen LogP contribution < -0.4 is 5.32 Å². The molecule has 0 aliphatic heterocycles. The standard InChI is InChI=1S/C14H14BrClFNS/c1-2-18-13(14-11(16)5-6-19-14)8-9-7-10(15)3-4-12(9)17/h3-7,13,18H,2,8H2,1H3. The maximum Gasteiger partial charge on any atom is 0.126 e. The van der Waals surface area contributed by atoms with Crippen molar-refractivity contribution in [3.8, 4) is 0 Å². The second-order valence-corrected chi connectivity index (χ2v) is 6.45. The maximum absolute atomic E-state index is 13.8. The zero-order chi connectivity index (χ0) is 13.8. The number of nitrogens with one attached hydrogen (secondary N) is 1. The van der Waals surface area contributed by atoms with Crippen LogP contribution in [-0.4, -0.2) is 6.54 Å². The number of benzene rings is 1. The second-order valence-electron chi connectivity index (χ2n) is 4.18. The van der Waals surface area contributed by atoms with E-state index in [0.717, 1.165) is 20.9 Å². The van der Waals surface area contributed by atoms with Crippen LogP contribution in [-0.2, 0) is 6.42 Å². The average Bonchev–Trinajstić information content (AvgIpc) is 2.79. The summed E-state index contributed by atoms with van der Waals surface area (Å²) in [6, 6.07) is 6.93. The molecule has 1 N–H and O–H groups in total. The molecule has 0 saturated heterocycles. The second kappa shape index (κ2) is 6.84. The first kappa shape index (κ1) is 15.0. The smallest absolute Gasteiger partial charge is 0.126 e. The lowest BCUT2D eigenvalue weighted by molar-refractivity contribution is 0.534. The van der Waals surface area contributed by atoms with Gasteiger partial charge in [-0.15, -0.1) is 11.3 Å². The Morgan fingerprint density at radius 2 is 2.21 bits per heavy atom. The molecule has 1 heterocycles. The molecule has 1 aromatic heterocycles. The molecule has 102 valence electrons. The van der Waals surface area contributed by atoms with Gasteiger partial charge in [-0.2, -0.15) is 0 Å². The summed E-state index contributed by atoms with van der Waals surface area (Å²) in [5.41, 5.74) is 0.685. The Hall–Kier alpha value is -0.420. The Balaban J connectivity index is 2.26. The van der Waals surface area contributed by atoms with Crippen molar-refractivity contribution in [3.05, 3.63) is 55.4 Å². The summed E-state index contributed by atoms with van der Waals surface area (Å²) in [5.74, 6) is -0.182. The highest BCUT2D eigenvalue weighted by atomic mass is 79.9. The number of halogens is 3. The van der Waals surface area contributed by atoms with Crippen molar-refractivity contribution in [2.24, 2.45) is 0 Å². The molecule has 1 aromatic carbocycles. The lowest BCUT2D eigenvalue weighted by Gasteiger charge is -2.17. The van der Waals surface area contributed by atoms with Gasteiger partial charge in [0.05, 0.1) is 5.02 Å². The van der Waals surface area contributed by atoms with E-state index in [1.165, 1.54) is 6.07 Å². The van der Waals surface area contributed by atoms with Crippen LogP contribution in [0.15, 0.2) is 34.1 Å². The molecule has 0 saturated carbocycles. The highest BCUT2D eigenvalue weighted by molar-refractivity contribution is 9.10. The van der Waals surface area contributed by atoms with Gasteiger partial charge in [-0.25, -0.2) is 4.39 Å². The summed E-state index contributed by atoms with van der Waals surface area (Å²) >= 11 is 11.2. The molecule has 0 fully saturated rings. The molecule has 0 aliphatic rings. The molecule has 19 heavy (non-hydrogen) atoms. The van der Waals surface area contributed by atoms with E-state index in [2.05, 4.69) is 21.2 Å². The van der Waals surface area contributed by atoms with Crippen LogP contribution in [0.2, 0.25) is 5.02 Å². The minimum Gasteiger partial charge on any atom is -0.309 e. The summed E-state index contributed by atoms with van der Waals surface area (Å²) in [6.07, 6.45) is 0.583. The van der Waals surface area contributed by atoms with Gasteiger partial charge in [-0.1, -0.05) is 34.5 Å². The monoisotopic (exact) mass is 361 g/mol. The fraction of sp³-hybridized carbons (Fsp3) is 0.286. The summed E-state index contributed by atoms with van der Waals surface area (Å²) in [5, 5.41) is 6.06.